The number of nitrogens with zero attached hydrogens (tertiary/aromatic N) is 1. The Bertz CT molecular complexity index is 1140. The first kappa shape index (κ1) is 21.3. The maximum atomic E-state index is 12.4. The first-order chi connectivity index (χ1) is 14.4. The lowest BCUT2D eigenvalue weighted by Gasteiger charge is -2.07. The van der Waals surface area contributed by atoms with Crippen molar-refractivity contribution in [2.24, 2.45) is 0 Å². The molecule has 0 radical (unpaired) electrons. The van der Waals surface area contributed by atoms with Crippen molar-refractivity contribution in [2.75, 3.05) is 5.32 Å². The lowest BCUT2D eigenvalue weighted by atomic mass is 10.1. The van der Waals surface area contributed by atoms with E-state index in [0.717, 1.165) is 9.13 Å². The first-order valence-electron chi connectivity index (χ1n) is 9.02. The molecule has 30 heavy (non-hydrogen) atoms. The van der Waals surface area contributed by atoms with Crippen LogP contribution in [0, 0.1) is 21.8 Å². The third-order valence-electron chi connectivity index (χ3n) is 4.13. The van der Waals surface area contributed by atoms with Gasteiger partial charge in [0.1, 0.15) is 17.4 Å². The van der Waals surface area contributed by atoms with Gasteiger partial charge in [-0.15, -0.1) is 0 Å². The minimum Gasteiger partial charge on any atom is -0.423 e. The van der Waals surface area contributed by atoms with E-state index in [4.69, 9.17) is 4.74 Å². The highest BCUT2D eigenvalue weighted by Gasteiger charge is 2.11. The molecule has 5 nitrogen and oxygen atoms in total. The zero-order valence-electron chi connectivity index (χ0n) is 16.1. The van der Waals surface area contributed by atoms with Crippen LogP contribution in [0.5, 0.6) is 5.75 Å². The Labute approximate surface area is 188 Å². The van der Waals surface area contributed by atoms with Crippen molar-refractivity contribution in [3.8, 4) is 11.8 Å². The van der Waals surface area contributed by atoms with E-state index in [9.17, 15) is 14.9 Å². The van der Waals surface area contributed by atoms with E-state index in [2.05, 4.69) is 27.9 Å². The monoisotopic (exact) mass is 508 g/mol. The molecule has 0 unspecified atom stereocenters. The second kappa shape index (κ2) is 9.85. The molecule has 0 spiro atoms. The molecule has 0 aliphatic rings. The summed E-state index contributed by atoms with van der Waals surface area (Å²) in [4.78, 5) is 24.7. The van der Waals surface area contributed by atoms with Crippen molar-refractivity contribution in [1.29, 1.82) is 5.26 Å². The van der Waals surface area contributed by atoms with Crippen molar-refractivity contribution in [1.82, 2.24) is 0 Å². The minimum absolute atomic E-state index is 0.0597. The molecule has 0 heterocycles. The van der Waals surface area contributed by atoms with Crippen LogP contribution < -0.4 is 10.1 Å². The largest absolute Gasteiger partial charge is 0.423 e. The van der Waals surface area contributed by atoms with Gasteiger partial charge in [0.25, 0.3) is 5.91 Å². The number of carbonyl (C=O) groups excluding carboxylic acids is 2. The molecule has 0 aliphatic carbocycles. The average molecular weight is 508 g/mol. The quantitative estimate of drug-likeness (QED) is 0.165. The van der Waals surface area contributed by atoms with E-state index in [1.807, 2.05) is 37.3 Å². The summed E-state index contributed by atoms with van der Waals surface area (Å²) < 4.78 is 6.45. The van der Waals surface area contributed by atoms with Crippen molar-refractivity contribution in [2.45, 2.75) is 6.92 Å². The van der Waals surface area contributed by atoms with Gasteiger partial charge in [-0.25, -0.2) is 4.79 Å². The minimum atomic E-state index is -0.513. The van der Waals surface area contributed by atoms with Gasteiger partial charge in [0.05, 0.1) is 5.56 Å². The van der Waals surface area contributed by atoms with Gasteiger partial charge < -0.3 is 10.1 Å². The predicted molar refractivity (Wildman–Crippen MR) is 124 cm³/mol. The number of benzene rings is 3. The van der Waals surface area contributed by atoms with Crippen LogP contribution in [-0.4, -0.2) is 11.9 Å². The van der Waals surface area contributed by atoms with Gasteiger partial charge in [0.2, 0.25) is 0 Å². The summed E-state index contributed by atoms with van der Waals surface area (Å²) in [5.74, 6) is -0.668. The molecular weight excluding hydrogens is 491 g/mol. The second-order valence-electron chi connectivity index (χ2n) is 6.46. The van der Waals surface area contributed by atoms with Crippen molar-refractivity contribution < 1.29 is 14.3 Å². The molecule has 0 saturated carbocycles. The van der Waals surface area contributed by atoms with Gasteiger partial charge in [-0.1, -0.05) is 29.8 Å². The van der Waals surface area contributed by atoms with Crippen molar-refractivity contribution in [3.63, 3.8) is 0 Å². The van der Waals surface area contributed by atoms with E-state index in [0.29, 0.717) is 22.6 Å². The lowest BCUT2D eigenvalue weighted by molar-refractivity contribution is -0.112. The summed E-state index contributed by atoms with van der Waals surface area (Å²) in [7, 11) is 0. The number of nitrogens with one attached hydrogen (secondary N) is 1. The average Bonchev–Trinajstić information content (AvgIpc) is 2.74. The Morgan fingerprint density at radius 2 is 1.73 bits per heavy atom. The third kappa shape index (κ3) is 5.78. The van der Waals surface area contributed by atoms with Crippen LogP contribution in [0.4, 0.5) is 5.69 Å². The fourth-order valence-electron chi connectivity index (χ4n) is 2.57. The zero-order valence-corrected chi connectivity index (χ0v) is 18.2. The molecule has 0 saturated heterocycles. The van der Waals surface area contributed by atoms with Gasteiger partial charge in [0, 0.05) is 9.26 Å². The Kier molecular flexibility index (Phi) is 6.99. The molecular formula is C24H17IN2O3. The van der Waals surface area contributed by atoms with Crippen LogP contribution in [0.3, 0.4) is 0 Å². The molecule has 0 atom stereocenters. The number of halogens is 1. The highest BCUT2D eigenvalue weighted by molar-refractivity contribution is 14.1. The number of carbonyl (C=O) groups is 2. The highest BCUT2D eigenvalue weighted by Crippen LogP contribution is 2.19. The van der Waals surface area contributed by atoms with Gasteiger partial charge >= 0.3 is 5.97 Å². The van der Waals surface area contributed by atoms with E-state index >= 15 is 0 Å². The SMILES string of the molecule is Cc1ccc(C(=O)Oc2cccc(/C=C(\C#N)C(=O)Nc3ccc(I)cc3)c2)cc1. The predicted octanol–water partition coefficient (Wildman–Crippen LogP) is 5.36. The van der Waals surface area contributed by atoms with Crippen LogP contribution in [0.25, 0.3) is 6.08 Å². The van der Waals surface area contributed by atoms with E-state index in [-0.39, 0.29) is 5.57 Å². The molecule has 0 aliphatic heterocycles. The molecule has 0 aromatic heterocycles. The van der Waals surface area contributed by atoms with Crippen LogP contribution in [-0.2, 0) is 4.79 Å². The molecule has 6 heteroatoms. The number of rotatable bonds is 5. The fraction of sp³-hybridized carbons (Fsp3) is 0.0417. The van der Waals surface area contributed by atoms with Crippen LogP contribution >= 0.6 is 22.6 Å². The van der Waals surface area contributed by atoms with E-state index in [1.165, 1.54) is 6.08 Å². The van der Waals surface area contributed by atoms with Gasteiger partial charge in [-0.3, -0.25) is 4.79 Å². The highest BCUT2D eigenvalue weighted by atomic mass is 127. The molecule has 1 N–H and O–H groups in total. The second-order valence-corrected chi connectivity index (χ2v) is 7.70. The number of esters is 1. The summed E-state index contributed by atoms with van der Waals surface area (Å²) >= 11 is 2.17. The maximum Gasteiger partial charge on any atom is 0.343 e. The number of nitriles is 1. The van der Waals surface area contributed by atoms with Crippen molar-refractivity contribution >= 4 is 46.2 Å². The number of aryl methyl sites for hydroxylation is 1. The topological polar surface area (TPSA) is 79.2 Å². The Hall–Kier alpha value is -3.44. The standard InChI is InChI=1S/C24H17IN2O3/c1-16-5-7-18(8-6-16)24(29)30-22-4-2-3-17(14-22)13-19(15-26)23(28)27-21-11-9-20(25)10-12-21/h2-14H,1H3,(H,27,28)/b19-13+. The summed E-state index contributed by atoms with van der Waals surface area (Å²) in [5.41, 5.74) is 2.60. The molecule has 0 bridgehead atoms. The summed E-state index contributed by atoms with van der Waals surface area (Å²) in [6.07, 6.45) is 1.45. The summed E-state index contributed by atoms with van der Waals surface area (Å²) in [6, 6.07) is 22.9. The number of hydrogen-bond donors (Lipinski definition) is 1. The lowest BCUT2D eigenvalue weighted by Crippen LogP contribution is -2.13. The van der Waals surface area contributed by atoms with Crippen LogP contribution in [0.2, 0.25) is 0 Å². The third-order valence-corrected chi connectivity index (χ3v) is 4.85. The molecule has 3 aromatic carbocycles. The Balaban J connectivity index is 1.74. The number of anilines is 1. The zero-order chi connectivity index (χ0) is 21.5. The first-order valence-corrected chi connectivity index (χ1v) is 10.1. The van der Waals surface area contributed by atoms with Gasteiger partial charge in [0.15, 0.2) is 0 Å². The fourth-order valence-corrected chi connectivity index (χ4v) is 2.93. The molecule has 1 amide bonds. The smallest absolute Gasteiger partial charge is 0.343 e. The van der Waals surface area contributed by atoms with Crippen LogP contribution in [0.1, 0.15) is 21.5 Å². The molecule has 0 fully saturated rings. The number of ether oxygens (including phenoxy) is 1. The summed E-state index contributed by atoms with van der Waals surface area (Å²) in [5, 5.41) is 12.1. The molecule has 148 valence electrons. The van der Waals surface area contributed by atoms with Gasteiger partial charge in [-0.2, -0.15) is 5.26 Å². The number of amides is 1. The van der Waals surface area contributed by atoms with E-state index in [1.54, 1.807) is 48.5 Å². The summed E-state index contributed by atoms with van der Waals surface area (Å²) in [6.45, 7) is 1.94. The van der Waals surface area contributed by atoms with Crippen LogP contribution in [0.15, 0.2) is 78.4 Å². The Morgan fingerprint density at radius 3 is 2.40 bits per heavy atom. The van der Waals surface area contributed by atoms with Crippen molar-refractivity contribution in [3.05, 3.63) is 98.6 Å². The van der Waals surface area contributed by atoms with E-state index < -0.39 is 11.9 Å². The van der Waals surface area contributed by atoms with Gasteiger partial charge in [-0.05, 0) is 89.7 Å². The number of hydrogen-bond acceptors (Lipinski definition) is 4. The molecule has 3 rings (SSSR count). The maximum absolute atomic E-state index is 12.4. The normalized spacial score (nSPS) is 10.8. The molecule has 3 aromatic rings. The Morgan fingerprint density at radius 1 is 1.03 bits per heavy atom.